The lowest BCUT2D eigenvalue weighted by molar-refractivity contribution is 0.420. The molecule has 3 rings (SSSR count). The molecule has 0 amide bonds. The van der Waals surface area contributed by atoms with Crippen molar-refractivity contribution in [3.8, 4) is 26.6 Å². The third-order valence-corrected chi connectivity index (χ3v) is 5.41. The van der Waals surface area contributed by atoms with E-state index in [1.165, 1.54) is 20.9 Å². The molecule has 0 saturated carbocycles. The van der Waals surface area contributed by atoms with E-state index in [9.17, 15) is 0 Å². The lowest BCUT2D eigenvalue weighted by atomic mass is 10.1. The van der Waals surface area contributed by atoms with E-state index in [-0.39, 0.29) is 0 Å². The predicted molar refractivity (Wildman–Crippen MR) is 84.0 cm³/mol. The molecule has 3 heteroatoms. The first kappa shape index (κ1) is 12.3. The molecule has 0 bridgehead atoms. The number of benzene rings is 2. The number of methoxy groups -OCH3 is 1. The van der Waals surface area contributed by atoms with Crippen molar-refractivity contribution in [1.82, 2.24) is 0 Å². The van der Waals surface area contributed by atoms with Gasteiger partial charge in [-0.15, -0.1) is 0 Å². The number of hydrogen-bond acceptors (Lipinski definition) is 2. The molecular weight excluding hydrogens is 272 g/mol. The Morgan fingerprint density at radius 2 is 1.42 bits per heavy atom. The Hall–Kier alpha value is -1.71. The quantitative estimate of drug-likeness (QED) is 0.460. The zero-order chi connectivity index (χ0) is 13.1. The van der Waals surface area contributed by atoms with Gasteiger partial charge in [0.15, 0.2) is 10.3 Å². The fourth-order valence-corrected chi connectivity index (χ4v) is 4.73. The molecule has 3 aromatic rings. The van der Waals surface area contributed by atoms with Crippen LogP contribution in [-0.2, 0) is 0 Å². The molecule has 0 radical (unpaired) electrons. The topological polar surface area (TPSA) is 9.23 Å². The van der Waals surface area contributed by atoms with Crippen LogP contribution in [0.2, 0.25) is 0 Å². The number of hydrogen-bond donors (Lipinski definition) is 0. The van der Waals surface area contributed by atoms with Crippen molar-refractivity contribution in [2.24, 2.45) is 0 Å². The molecule has 19 heavy (non-hydrogen) atoms. The summed E-state index contributed by atoms with van der Waals surface area (Å²) in [7, 11) is 5.27. The molecule has 0 aliphatic carbocycles. The van der Waals surface area contributed by atoms with Crippen molar-refractivity contribution >= 4 is 20.7 Å². The van der Waals surface area contributed by atoms with Gasteiger partial charge in [0, 0.05) is 11.1 Å². The Bertz CT molecular complexity index is 603. The first-order valence-electron chi connectivity index (χ1n) is 6.01. The SMILES string of the molecule is COc1c(-c2ccccc2)s[s+]c1-c1ccccc1. The monoisotopic (exact) mass is 285 g/mol. The fourth-order valence-electron chi connectivity index (χ4n) is 1.98. The van der Waals surface area contributed by atoms with E-state index >= 15 is 0 Å². The Labute approximate surface area is 120 Å². The van der Waals surface area contributed by atoms with Gasteiger partial charge < -0.3 is 4.74 Å². The van der Waals surface area contributed by atoms with E-state index in [0.29, 0.717) is 0 Å². The number of ether oxygens (including phenoxy) is 1. The molecule has 94 valence electrons. The summed E-state index contributed by atoms with van der Waals surface area (Å²) in [5, 5.41) is 0. The largest absolute Gasteiger partial charge is 0.490 e. The highest BCUT2D eigenvalue weighted by molar-refractivity contribution is 7.72. The Morgan fingerprint density at radius 1 is 0.842 bits per heavy atom. The van der Waals surface area contributed by atoms with Gasteiger partial charge in [-0.25, -0.2) is 0 Å². The van der Waals surface area contributed by atoms with Crippen molar-refractivity contribution in [1.29, 1.82) is 0 Å². The summed E-state index contributed by atoms with van der Waals surface area (Å²) in [6.07, 6.45) is 0. The molecule has 1 aromatic heterocycles. The first-order chi connectivity index (χ1) is 9.40. The highest BCUT2D eigenvalue weighted by atomic mass is 32.9. The molecule has 1 heterocycles. The van der Waals surface area contributed by atoms with E-state index in [1.54, 1.807) is 27.8 Å². The van der Waals surface area contributed by atoms with Gasteiger partial charge in [-0.1, -0.05) is 48.5 Å². The maximum Gasteiger partial charge on any atom is 0.305 e. The molecule has 0 aliphatic heterocycles. The summed E-state index contributed by atoms with van der Waals surface area (Å²) in [6.45, 7) is 0. The highest BCUT2D eigenvalue weighted by Crippen LogP contribution is 2.47. The van der Waals surface area contributed by atoms with Gasteiger partial charge >= 0.3 is 10.3 Å². The van der Waals surface area contributed by atoms with Crippen LogP contribution >= 0.6 is 20.7 Å². The summed E-state index contributed by atoms with van der Waals surface area (Å²) in [4.78, 5) is 2.40. The Kier molecular flexibility index (Phi) is 3.58. The molecule has 0 fully saturated rings. The zero-order valence-electron chi connectivity index (χ0n) is 10.5. The lowest BCUT2D eigenvalue weighted by Crippen LogP contribution is -1.85. The second-order valence-electron chi connectivity index (χ2n) is 4.09. The zero-order valence-corrected chi connectivity index (χ0v) is 12.1. The molecule has 1 nitrogen and oxygen atoms in total. The van der Waals surface area contributed by atoms with E-state index < -0.39 is 0 Å². The summed E-state index contributed by atoms with van der Waals surface area (Å²) in [6, 6.07) is 20.8. The number of rotatable bonds is 3. The minimum absolute atomic E-state index is 0.979. The Balaban J connectivity index is 2.13. The van der Waals surface area contributed by atoms with Crippen LogP contribution in [0.15, 0.2) is 60.7 Å². The van der Waals surface area contributed by atoms with Gasteiger partial charge in [-0.2, -0.15) is 0 Å². The van der Waals surface area contributed by atoms with Gasteiger partial charge in [0.1, 0.15) is 4.88 Å². The van der Waals surface area contributed by atoms with Crippen LogP contribution in [0.4, 0.5) is 0 Å². The van der Waals surface area contributed by atoms with Gasteiger partial charge in [-0.3, -0.25) is 0 Å². The normalized spacial score (nSPS) is 10.4. The maximum absolute atomic E-state index is 5.65. The summed E-state index contributed by atoms with van der Waals surface area (Å²) >= 11 is 0. The first-order valence-corrected chi connectivity index (χ1v) is 8.16. The van der Waals surface area contributed by atoms with Gasteiger partial charge in [0.25, 0.3) is 4.88 Å². The molecule has 0 saturated heterocycles. The third-order valence-electron chi connectivity index (χ3n) is 2.90. The maximum atomic E-state index is 5.65. The summed E-state index contributed by atoms with van der Waals surface area (Å²) in [5.41, 5.74) is 2.42. The van der Waals surface area contributed by atoms with E-state index in [2.05, 4.69) is 48.5 Å². The van der Waals surface area contributed by atoms with Gasteiger partial charge in [0.2, 0.25) is 5.75 Å². The van der Waals surface area contributed by atoms with Crippen LogP contribution in [0, 0.1) is 0 Å². The minimum Gasteiger partial charge on any atom is -0.490 e. The third kappa shape index (κ3) is 2.39. The summed E-state index contributed by atoms with van der Waals surface area (Å²) < 4.78 is 5.65. The lowest BCUT2D eigenvalue weighted by Gasteiger charge is -2.00. The second kappa shape index (κ2) is 5.51. The van der Waals surface area contributed by atoms with Gasteiger partial charge in [0.05, 0.1) is 7.11 Å². The second-order valence-corrected chi connectivity index (χ2v) is 6.24. The van der Waals surface area contributed by atoms with Crippen molar-refractivity contribution in [2.45, 2.75) is 0 Å². The molecule has 0 aliphatic rings. The van der Waals surface area contributed by atoms with Crippen molar-refractivity contribution in [3.05, 3.63) is 60.7 Å². The Morgan fingerprint density at radius 3 is 2.00 bits per heavy atom. The average molecular weight is 285 g/mol. The van der Waals surface area contributed by atoms with E-state index in [0.717, 1.165) is 5.75 Å². The molecule has 2 aromatic carbocycles. The van der Waals surface area contributed by atoms with Crippen LogP contribution in [0.25, 0.3) is 20.9 Å². The molecular formula is C16H13OS2+. The smallest absolute Gasteiger partial charge is 0.305 e. The molecule has 0 unspecified atom stereocenters. The highest BCUT2D eigenvalue weighted by Gasteiger charge is 2.27. The van der Waals surface area contributed by atoms with Crippen LogP contribution in [0.3, 0.4) is 0 Å². The predicted octanol–water partition coefficient (Wildman–Crippen LogP) is 5.43. The molecule has 0 atom stereocenters. The van der Waals surface area contributed by atoms with Crippen LogP contribution in [0.1, 0.15) is 0 Å². The van der Waals surface area contributed by atoms with Crippen LogP contribution in [-0.4, -0.2) is 7.11 Å². The van der Waals surface area contributed by atoms with E-state index in [1.807, 2.05) is 12.1 Å². The minimum atomic E-state index is 0.979. The molecule has 0 spiro atoms. The van der Waals surface area contributed by atoms with Gasteiger partial charge in [-0.05, 0) is 12.1 Å². The fraction of sp³-hybridized carbons (Fsp3) is 0.0625. The standard InChI is InChI=1S/C16H13OS2/c1-17-14-15(12-8-4-2-5-9-12)18-19-16(14)13-10-6-3-7-11-13/h2-11H,1H3/q+1. The van der Waals surface area contributed by atoms with Crippen LogP contribution in [0.5, 0.6) is 5.75 Å². The summed E-state index contributed by atoms with van der Waals surface area (Å²) in [5.74, 6) is 0.979. The van der Waals surface area contributed by atoms with E-state index in [4.69, 9.17) is 4.74 Å². The van der Waals surface area contributed by atoms with Crippen molar-refractivity contribution in [2.75, 3.05) is 7.11 Å². The van der Waals surface area contributed by atoms with Crippen LogP contribution < -0.4 is 4.74 Å². The molecule has 0 N–H and O–H groups in total. The average Bonchev–Trinajstić information content (AvgIpc) is 2.93. The van der Waals surface area contributed by atoms with Crippen molar-refractivity contribution < 1.29 is 4.74 Å². The van der Waals surface area contributed by atoms with Crippen molar-refractivity contribution in [3.63, 3.8) is 0 Å².